The van der Waals surface area contributed by atoms with Crippen LogP contribution in [0.15, 0.2) is 0 Å². The summed E-state index contributed by atoms with van der Waals surface area (Å²) in [6, 6.07) is 0. The van der Waals surface area contributed by atoms with Crippen molar-refractivity contribution in [2.45, 2.75) is 58.1 Å². The molecule has 1 atom stereocenters. The highest BCUT2D eigenvalue weighted by molar-refractivity contribution is 4.76. The lowest BCUT2D eigenvalue weighted by Crippen LogP contribution is -2.44. The van der Waals surface area contributed by atoms with Gasteiger partial charge >= 0.3 is 0 Å². The smallest absolute Gasteiger partial charge is 0.0791 e. The van der Waals surface area contributed by atoms with Gasteiger partial charge in [0.25, 0.3) is 0 Å². The first-order chi connectivity index (χ1) is 7.87. The van der Waals surface area contributed by atoms with Crippen molar-refractivity contribution in [3.63, 3.8) is 0 Å². The Morgan fingerprint density at radius 2 is 1.88 bits per heavy atom. The Morgan fingerprint density at radius 3 is 2.41 bits per heavy atom. The summed E-state index contributed by atoms with van der Waals surface area (Å²) in [5.74, 6) is 0.864. The topological polar surface area (TPSA) is 35.5 Å². The molecule has 0 radical (unpaired) electrons. The number of rotatable bonds is 6. The Hall–Kier alpha value is -0.120. The van der Waals surface area contributed by atoms with Crippen molar-refractivity contribution in [1.29, 1.82) is 0 Å². The lowest BCUT2D eigenvalue weighted by Gasteiger charge is -2.26. The molecule has 0 aliphatic heterocycles. The van der Waals surface area contributed by atoms with Gasteiger partial charge in [0.1, 0.15) is 0 Å². The molecule has 0 bridgehead atoms. The van der Waals surface area contributed by atoms with Gasteiger partial charge in [-0.25, -0.2) is 0 Å². The number of nitrogens with one attached hydrogen (secondary N) is 1. The van der Waals surface area contributed by atoms with Crippen LogP contribution in [0.1, 0.15) is 46.5 Å². The standard InChI is InChI=1S/C14H30N2O/c1-14(2,3)15-9-13(17)11-16(4)10-12-7-5-6-8-12/h12-13,15,17H,5-11H2,1-4H3. The van der Waals surface area contributed by atoms with Crippen LogP contribution in [0.25, 0.3) is 0 Å². The average Bonchev–Trinajstić information content (AvgIpc) is 2.66. The van der Waals surface area contributed by atoms with Gasteiger partial charge < -0.3 is 15.3 Å². The monoisotopic (exact) mass is 242 g/mol. The van der Waals surface area contributed by atoms with E-state index in [1.54, 1.807) is 0 Å². The van der Waals surface area contributed by atoms with Crippen LogP contribution in [0.3, 0.4) is 0 Å². The van der Waals surface area contributed by atoms with Crippen LogP contribution in [-0.4, -0.2) is 48.3 Å². The Bertz CT molecular complexity index is 207. The lowest BCUT2D eigenvalue weighted by atomic mass is 10.1. The van der Waals surface area contributed by atoms with E-state index in [9.17, 15) is 5.11 Å². The van der Waals surface area contributed by atoms with Crippen molar-refractivity contribution < 1.29 is 5.11 Å². The summed E-state index contributed by atoms with van der Waals surface area (Å²) < 4.78 is 0. The van der Waals surface area contributed by atoms with Crippen LogP contribution in [0, 0.1) is 5.92 Å². The lowest BCUT2D eigenvalue weighted by molar-refractivity contribution is 0.110. The Kier molecular flexibility index (Phi) is 5.90. The third-order valence-electron chi connectivity index (χ3n) is 3.44. The van der Waals surface area contributed by atoms with Gasteiger partial charge in [0.05, 0.1) is 6.10 Å². The highest BCUT2D eigenvalue weighted by Gasteiger charge is 2.18. The molecule has 1 saturated carbocycles. The van der Waals surface area contributed by atoms with Crippen LogP contribution < -0.4 is 5.32 Å². The van der Waals surface area contributed by atoms with Crippen LogP contribution in [0.5, 0.6) is 0 Å². The first-order valence-electron chi connectivity index (χ1n) is 6.98. The van der Waals surface area contributed by atoms with E-state index < -0.39 is 0 Å². The van der Waals surface area contributed by atoms with Gasteiger partial charge in [0, 0.05) is 25.2 Å². The van der Waals surface area contributed by atoms with E-state index in [0.29, 0.717) is 6.54 Å². The molecular formula is C14H30N2O. The average molecular weight is 242 g/mol. The molecule has 0 amide bonds. The predicted octanol–water partition coefficient (Wildman–Crippen LogP) is 1.86. The fraction of sp³-hybridized carbons (Fsp3) is 1.00. The number of hydrogen-bond donors (Lipinski definition) is 2. The minimum absolute atomic E-state index is 0.0883. The molecule has 1 aliphatic rings. The maximum absolute atomic E-state index is 9.95. The van der Waals surface area contributed by atoms with Crippen LogP contribution in [-0.2, 0) is 0 Å². The summed E-state index contributed by atoms with van der Waals surface area (Å²) in [4.78, 5) is 2.28. The second-order valence-electron chi connectivity index (χ2n) is 6.66. The molecular weight excluding hydrogens is 212 g/mol. The summed E-state index contributed by atoms with van der Waals surface area (Å²) in [5, 5.41) is 13.3. The maximum atomic E-state index is 9.95. The van der Waals surface area contributed by atoms with E-state index in [4.69, 9.17) is 0 Å². The van der Waals surface area contributed by atoms with Crippen molar-refractivity contribution in [2.75, 3.05) is 26.7 Å². The number of β-amino-alcohol motifs (C(OH)–C–C–N with tert-alkyl or cyclic N) is 1. The highest BCUT2D eigenvalue weighted by Crippen LogP contribution is 2.25. The van der Waals surface area contributed by atoms with Crippen molar-refractivity contribution in [1.82, 2.24) is 10.2 Å². The van der Waals surface area contributed by atoms with E-state index in [1.165, 1.54) is 25.7 Å². The molecule has 3 nitrogen and oxygen atoms in total. The molecule has 1 aliphatic carbocycles. The number of aliphatic hydroxyl groups excluding tert-OH is 1. The van der Waals surface area contributed by atoms with Gasteiger partial charge in [0.2, 0.25) is 0 Å². The van der Waals surface area contributed by atoms with E-state index in [0.717, 1.165) is 19.0 Å². The third kappa shape index (κ3) is 7.02. The van der Waals surface area contributed by atoms with Gasteiger partial charge in [-0.1, -0.05) is 12.8 Å². The normalized spacial score (nSPS) is 20.1. The number of likely N-dealkylation sites (N-methyl/N-ethyl adjacent to an activating group) is 1. The molecule has 1 fully saturated rings. The van der Waals surface area contributed by atoms with Gasteiger partial charge in [0.15, 0.2) is 0 Å². The molecule has 0 heterocycles. The zero-order valence-corrected chi connectivity index (χ0v) is 12.0. The molecule has 0 aromatic heterocycles. The molecule has 17 heavy (non-hydrogen) atoms. The molecule has 1 rings (SSSR count). The fourth-order valence-corrected chi connectivity index (χ4v) is 2.56. The first kappa shape index (κ1) is 14.9. The quantitative estimate of drug-likeness (QED) is 0.746. The summed E-state index contributed by atoms with van der Waals surface area (Å²) in [7, 11) is 2.12. The zero-order chi connectivity index (χ0) is 12.9. The molecule has 3 heteroatoms. The van der Waals surface area contributed by atoms with Gasteiger partial charge in [-0.05, 0) is 46.6 Å². The van der Waals surface area contributed by atoms with Crippen molar-refractivity contribution in [2.24, 2.45) is 5.92 Å². The third-order valence-corrected chi connectivity index (χ3v) is 3.44. The Balaban J connectivity index is 2.14. The molecule has 1 unspecified atom stereocenters. The molecule has 102 valence electrons. The second-order valence-corrected chi connectivity index (χ2v) is 6.66. The summed E-state index contributed by atoms with van der Waals surface area (Å²) in [6.45, 7) is 8.98. The first-order valence-corrected chi connectivity index (χ1v) is 6.98. The summed E-state index contributed by atoms with van der Waals surface area (Å²) in [5.41, 5.74) is 0.0883. The van der Waals surface area contributed by atoms with Gasteiger partial charge in [-0.3, -0.25) is 0 Å². The van der Waals surface area contributed by atoms with Crippen LogP contribution >= 0.6 is 0 Å². The summed E-state index contributed by atoms with van der Waals surface area (Å²) in [6.07, 6.45) is 5.28. The minimum atomic E-state index is -0.263. The van der Waals surface area contributed by atoms with Crippen LogP contribution in [0.2, 0.25) is 0 Å². The maximum Gasteiger partial charge on any atom is 0.0791 e. The molecule has 0 saturated heterocycles. The van der Waals surface area contributed by atoms with Gasteiger partial charge in [-0.15, -0.1) is 0 Å². The number of hydrogen-bond acceptors (Lipinski definition) is 3. The molecule has 0 aromatic rings. The molecule has 0 spiro atoms. The Labute approximate surface area is 107 Å². The molecule has 0 aromatic carbocycles. The SMILES string of the molecule is CN(CC(O)CNC(C)(C)C)CC1CCCC1. The number of aliphatic hydroxyl groups is 1. The zero-order valence-electron chi connectivity index (χ0n) is 12.0. The number of nitrogens with zero attached hydrogens (tertiary/aromatic N) is 1. The second kappa shape index (κ2) is 6.72. The van der Waals surface area contributed by atoms with E-state index in [1.807, 2.05) is 0 Å². The van der Waals surface area contributed by atoms with E-state index >= 15 is 0 Å². The van der Waals surface area contributed by atoms with Crippen molar-refractivity contribution in [3.05, 3.63) is 0 Å². The van der Waals surface area contributed by atoms with Crippen LogP contribution in [0.4, 0.5) is 0 Å². The van der Waals surface area contributed by atoms with E-state index in [-0.39, 0.29) is 11.6 Å². The largest absolute Gasteiger partial charge is 0.390 e. The van der Waals surface area contributed by atoms with E-state index in [2.05, 4.69) is 38.0 Å². The predicted molar refractivity (Wildman–Crippen MR) is 73.2 cm³/mol. The summed E-state index contributed by atoms with van der Waals surface area (Å²) >= 11 is 0. The molecule has 2 N–H and O–H groups in total. The Morgan fingerprint density at radius 1 is 1.29 bits per heavy atom. The van der Waals surface area contributed by atoms with Crippen molar-refractivity contribution in [3.8, 4) is 0 Å². The highest BCUT2D eigenvalue weighted by atomic mass is 16.3. The fourth-order valence-electron chi connectivity index (χ4n) is 2.56. The minimum Gasteiger partial charge on any atom is -0.390 e. The van der Waals surface area contributed by atoms with Gasteiger partial charge in [-0.2, -0.15) is 0 Å². The van der Waals surface area contributed by atoms with Crippen molar-refractivity contribution >= 4 is 0 Å².